The highest BCUT2D eigenvalue weighted by Gasteiger charge is 2.16. The SMILES string of the molecule is CCCN(Cc1ccnc(Cl)c1)CC1CCNCC1. The van der Waals surface area contributed by atoms with Crippen LogP contribution in [0.5, 0.6) is 0 Å². The number of nitrogens with zero attached hydrogens (tertiary/aromatic N) is 2. The Morgan fingerprint density at radius 1 is 1.42 bits per heavy atom. The summed E-state index contributed by atoms with van der Waals surface area (Å²) in [6.07, 6.45) is 5.60. The first-order valence-electron chi connectivity index (χ1n) is 7.31. The van der Waals surface area contributed by atoms with Crippen LogP contribution in [0.1, 0.15) is 31.7 Å². The van der Waals surface area contributed by atoms with Gasteiger partial charge >= 0.3 is 0 Å². The Balaban J connectivity index is 1.91. The lowest BCUT2D eigenvalue weighted by Gasteiger charge is -2.30. The lowest BCUT2D eigenvalue weighted by Crippen LogP contribution is -2.36. The number of hydrogen-bond acceptors (Lipinski definition) is 3. The van der Waals surface area contributed by atoms with E-state index in [0.717, 1.165) is 19.0 Å². The number of rotatable bonds is 6. The summed E-state index contributed by atoms with van der Waals surface area (Å²) in [5.41, 5.74) is 1.27. The second-order valence-corrected chi connectivity index (χ2v) is 5.80. The first kappa shape index (κ1) is 14.8. The molecule has 2 heterocycles. The molecule has 1 aliphatic heterocycles. The van der Waals surface area contributed by atoms with Gasteiger partial charge in [0.2, 0.25) is 0 Å². The van der Waals surface area contributed by atoms with Crippen molar-refractivity contribution in [2.75, 3.05) is 26.2 Å². The minimum absolute atomic E-state index is 0.593. The van der Waals surface area contributed by atoms with Gasteiger partial charge in [-0.1, -0.05) is 18.5 Å². The van der Waals surface area contributed by atoms with Gasteiger partial charge in [0.25, 0.3) is 0 Å². The average molecular weight is 282 g/mol. The topological polar surface area (TPSA) is 28.2 Å². The molecule has 2 rings (SSSR count). The lowest BCUT2D eigenvalue weighted by molar-refractivity contribution is 0.199. The van der Waals surface area contributed by atoms with E-state index in [9.17, 15) is 0 Å². The largest absolute Gasteiger partial charge is 0.317 e. The van der Waals surface area contributed by atoms with Crippen LogP contribution >= 0.6 is 11.6 Å². The van der Waals surface area contributed by atoms with Gasteiger partial charge in [-0.05, 0) is 62.5 Å². The summed E-state index contributed by atoms with van der Waals surface area (Å²) in [6.45, 7) is 7.94. The predicted molar refractivity (Wildman–Crippen MR) is 80.4 cm³/mol. The second-order valence-electron chi connectivity index (χ2n) is 5.42. The first-order valence-corrected chi connectivity index (χ1v) is 7.69. The molecule has 0 saturated carbocycles. The fourth-order valence-corrected chi connectivity index (χ4v) is 2.98. The third-order valence-corrected chi connectivity index (χ3v) is 3.92. The zero-order valence-corrected chi connectivity index (χ0v) is 12.5. The summed E-state index contributed by atoms with van der Waals surface area (Å²) in [5, 5.41) is 4.03. The molecule has 1 fully saturated rings. The summed E-state index contributed by atoms with van der Waals surface area (Å²) < 4.78 is 0. The van der Waals surface area contributed by atoms with Crippen molar-refractivity contribution in [1.82, 2.24) is 15.2 Å². The van der Waals surface area contributed by atoms with Crippen LogP contribution < -0.4 is 5.32 Å². The molecule has 0 amide bonds. The van der Waals surface area contributed by atoms with Gasteiger partial charge in [0.05, 0.1) is 0 Å². The Morgan fingerprint density at radius 2 is 2.21 bits per heavy atom. The molecule has 0 atom stereocenters. The van der Waals surface area contributed by atoms with Gasteiger partial charge < -0.3 is 5.32 Å². The van der Waals surface area contributed by atoms with E-state index in [-0.39, 0.29) is 0 Å². The fraction of sp³-hybridized carbons (Fsp3) is 0.667. The average Bonchev–Trinajstić information content (AvgIpc) is 2.40. The smallest absolute Gasteiger partial charge is 0.129 e. The van der Waals surface area contributed by atoms with Crippen molar-refractivity contribution in [3.8, 4) is 0 Å². The molecule has 1 aromatic rings. The molecular weight excluding hydrogens is 258 g/mol. The molecule has 0 radical (unpaired) electrons. The van der Waals surface area contributed by atoms with E-state index in [1.165, 1.54) is 44.5 Å². The Bertz CT molecular complexity index is 377. The predicted octanol–water partition coefficient (Wildman–Crippen LogP) is 2.95. The van der Waals surface area contributed by atoms with Crippen molar-refractivity contribution in [1.29, 1.82) is 0 Å². The van der Waals surface area contributed by atoms with Crippen LogP contribution in [-0.2, 0) is 6.54 Å². The summed E-state index contributed by atoms with van der Waals surface area (Å²) >= 11 is 5.96. The summed E-state index contributed by atoms with van der Waals surface area (Å²) in [6, 6.07) is 4.05. The number of halogens is 1. The quantitative estimate of drug-likeness (QED) is 0.813. The second kappa shape index (κ2) is 7.83. The number of pyridine rings is 1. The number of hydrogen-bond donors (Lipinski definition) is 1. The van der Waals surface area contributed by atoms with Crippen molar-refractivity contribution in [3.05, 3.63) is 29.0 Å². The molecule has 0 unspecified atom stereocenters. The normalized spacial score (nSPS) is 17.0. The third-order valence-electron chi connectivity index (χ3n) is 3.71. The zero-order chi connectivity index (χ0) is 13.5. The van der Waals surface area contributed by atoms with Gasteiger partial charge in [-0.3, -0.25) is 4.90 Å². The van der Waals surface area contributed by atoms with Crippen molar-refractivity contribution >= 4 is 11.6 Å². The van der Waals surface area contributed by atoms with Crippen LogP contribution in [0.2, 0.25) is 5.15 Å². The molecule has 106 valence electrons. The van der Waals surface area contributed by atoms with Crippen LogP contribution in [0, 0.1) is 5.92 Å². The van der Waals surface area contributed by atoms with Crippen molar-refractivity contribution in [2.45, 2.75) is 32.7 Å². The minimum Gasteiger partial charge on any atom is -0.317 e. The van der Waals surface area contributed by atoms with Gasteiger partial charge in [-0.2, -0.15) is 0 Å². The van der Waals surface area contributed by atoms with E-state index in [4.69, 9.17) is 11.6 Å². The zero-order valence-electron chi connectivity index (χ0n) is 11.7. The monoisotopic (exact) mass is 281 g/mol. The Kier molecular flexibility index (Phi) is 6.08. The van der Waals surface area contributed by atoms with Crippen molar-refractivity contribution in [3.63, 3.8) is 0 Å². The summed E-state index contributed by atoms with van der Waals surface area (Å²) in [7, 11) is 0. The standard InChI is InChI=1S/C15H24ClN3/c1-2-9-19(11-13-3-6-17-7-4-13)12-14-5-8-18-15(16)10-14/h5,8,10,13,17H,2-4,6-7,9,11-12H2,1H3. The molecule has 1 saturated heterocycles. The highest BCUT2D eigenvalue weighted by Crippen LogP contribution is 2.16. The summed E-state index contributed by atoms with van der Waals surface area (Å²) in [5.74, 6) is 0.838. The maximum atomic E-state index is 5.96. The lowest BCUT2D eigenvalue weighted by atomic mass is 9.97. The maximum absolute atomic E-state index is 5.96. The third kappa shape index (κ3) is 5.09. The molecule has 1 aromatic heterocycles. The van der Waals surface area contributed by atoms with E-state index in [2.05, 4.69) is 28.2 Å². The fourth-order valence-electron chi connectivity index (χ4n) is 2.78. The highest BCUT2D eigenvalue weighted by molar-refractivity contribution is 6.29. The van der Waals surface area contributed by atoms with Gasteiger partial charge in [-0.25, -0.2) is 4.98 Å². The summed E-state index contributed by atoms with van der Waals surface area (Å²) in [4.78, 5) is 6.60. The minimum atomic E-state index is 0.593. The van der Waals surface area contributed by atoms with Gasteiger partial charge in [0.15, 0.2) is 0 Å². The molecule has 1 aliphatic rings. The van der Waals surface area contributed by atoms with E-state index in [1.54, 1.807) is 6.20 Å². The maximum Gasteiger partial charge on any atom is 0.129 e. The number of aromatic nitrogens is 1. The Labute approximate surface area is 121 Å². The van der Waals surface area contributed by atoms with Gasteiger partial charge in [0, 0.05) is 19.3 Å². The van der Waals surface area contributed by atoms with E-state index in [0.29, 0.717) is 5.15 Å². The van der Waals surface area contributed by atoms with Crippen molar-refractivity contribution < 1.29 is 0 Å². The molecule has 0 bridgehead atoms. The van der Waals surface area contributed by atoms with Crippen LogP contribution in [0.25, 0.3) is 0 Å². The van der Waals surface area contributed by atoms with Crippen molar-refractivity contribution in [2.24, 2.45) is 5.92 Å². The first-order chi connectivity index (χ1) is 9.28. The Hall–Kier alpha value is -0.640. The molecule has 0 spiro atoms. The van der Waals surface area contributed by atoms with Crippen LogP contribution in [0.15, 0.2) is 18.3 Å². The molecule has 0 aliphatic carbocycles. The van der Waals surface area contributed by atoms with Crippen LogP contribution in [0.3, 0.4) is 0 Å². The molecular formula is C15H24ClN3. The number of nitrogens with one attached hydrogen (secondary N) is 1. The van der Waals surface area contributed by atoms with Crippen LogP contribution in [-0.4, -0.2) is 36.1 Å². The molecule has 4 heteroatoms. The van der Waals surface area contributed by atoms with E-state index < -0.39 is 0 Å². The number of piperidine rings is 1. The molecule has 0 aromatic carbocycles. The molecule has 1 N–H and O–H groups in total. The van der Waals surface area contributed by atoms with Crippen LogP contribution in [0.4, 0.5) is 0 Å². The highest BCUT2D eigenvalue weighted by atomic mass is 35.5. The van der Waals surface area contributed by atoms with E-state index in [1.807, 2.05) is 6.07 Å². The molecule has 3 nitrogen and oxygen atoms in total. The van der Waals surface area contributed by atoms with E-state index >= 15 is 0 Å². The van der Waals surface area contributed by atoms with Gasteiger partial charge in [0.1, 0.15) is 5.15 Å². The van der Waals surface area contributed by atoms with Gasteiger partial charge in [-0.15, -0.1) is 0 Å². The Morgan fingerprint density at radius 3 is 2.89 bits per heavy atom. The molecule has 19 heavy (non-hydrogen) atoms.